The third-order valence-corrected chi connectivity index (χ3v) is 6.93. The molecule has 0 aliphatic carbocycles. The van der Waals surface area contributed by atoms with Crippen LogP contribution in [0.15, 0.2) is 42.5 Å². The van der Waals surface area contributed by atoms with Crippen LogP contribution in [0.5, 0.6) is 0 Å². The number of hydrogen-bond acceptors (Lipinski definition) is 6. The maximum Gasteiger partial charge on any atom is 0.338 e. The van der Waals surface area contributed by atoms with E-state index in [1.165, 1.54) is 47.4 Å². The van der Waals surface area contributed by atoms with Crippen LogP contribution in [0.4, 0.5) is 5.69 Å². The Kier molecular flexibility index (Phi) is 7.36. The van der Waals surface area contributed by atoms with Gasteiger partial charge < -0.3 is 4.74 Å². The number of Topliss-reactive ketones (excluding diaryl/α,β-unsaturated/α-hetero) is 1. The SMILES string of the molecule is CC1CCCN(C2CC(=O)N(c3ccc(C(=O)OCC(=O)c4ccc(Cl)c(Cl)c4)cc3)C2=O)C1. The van der Waals surface area contributed by atoms with Gasteiger partial charge in [0, 0.05) is 12.1 Å². The van der Waals surface area contributed by atoms with Crippen molar-refractivity contribution >= 4 is 52.5 Å². The van der Waals surface area contributed by atoms with Gasteiger partial charge >= 0.3 is 5.97 Å². The molecular weight excluding hydrogens is 479 g/mol. The van der Waals surface area contributed by atoms with Crippen LogP contribution < -0.4 is 4.90 Å². The van der Waals surface area contributed by atoms with Crippen LogP contribution in [-0.2, 0) is 14.3 Å². The molecule has 0 N–H and O–H groups in total. The lowest BCUT2D eigenvalue weighted by Crippen LogP contribution is -2.46. The van der Waals surface area contributed by atoms with Gasteiger partial charge in [0.2, 0.25) is 5.91 Å². The predicted octanol–water partition coefficient (Wildman–Crippen LogP) is 4.40. The molecule has 2 saturated heterocycles. The molecule has 2 atom stereocenters. The molecule has 0 aromatic heterocycles. The molecule has 0 bridgehead atoms. The third-order valence-electron chi connectivity index (χ3n) is 6.19. The van der Waals surface area contributed by atoms with E-state index in [2.05, 4.69) is 11.8 Å². The molecule has 0 saturated carbocycles. The van der Waals surface area contributed by atoms with Gasteiger partial charge in [-0.05, 0) is 67.8 Å². The van der Waals surface area contributed by atoms with Gasteiger partial charge in [-0.2, -0.15) is 0 Å². The number of ether oxygens (including phenoxy) is 1. The van der Waals surface area contributed by atoms with E-state index < -0.39 is 24.4 Å². The van der Waals surface area contributed by atoms with Crippen molar-refractivity contribution in [2.24, 2.45) is 5.92 Å². The number of piperidine rings is 1. The topological polar surface area (TPSA) is 84.0 Å². The van der Waals surface area contributed by atoms with E-state index in [0.717, 1.165) is 25.9 Å². The zero-order valence-electron chi connectivity index (χ0n) is 18.6. The van der Waals surface area contributed by atoms with Crippen molar-refractivity contribution in [2.45, 2.75) is 32.2 Å². The lowest BCUT2D eigenvalue weighted by molar-refractivity contribution is -0.123. The fraction of sp³-hybridized carbons (Fsp3) is 0.360. The van der Waals surface area contributed by atoms with Crippen LogP contribution in [0.3, 0.4) is 0 Å². The Labute approximate surface area is 207 Å². The van der Waals surface area contributed by atoms with Crippen molar-refractivity contribution in [3.05, 3.63) is 63.6 Å². The second-order valence-electron chi connectivity index (χ2n) is 8.70. The molecule has 7 nitrogen and oxygen atoms in total. The summed E-state index contributed by atoms with van der Waals surface area (Å²) < 4.78 is 5.11. The molecule has 9 heteroatoms. The largest absolute Gasteiger partial charge is 0.454 e. The molecule has 2 amide bonds. The highest BCUT2D eigenvalue weighted by Gasteiger charge is 2.43. The highest BCUT2D eigenvalue weighted by Crippen LogP contribution is 2.29. The Balaban J connectivity index is 1.38. The third kappa shape index (κ3) is 5.17. The Morgan fingerprint density at radius 3 is 2.41 bits per heavy atom. The van der Waals surface area contributed by atoms with Gasteiger partial charge in [-0.25, -0.2) is 9.69 Å². The fourth-order valence-corrected chi connectivity index (χ4v) is 4.69. The van der Waals surface area contributed by atoms with Gasteiger partial charge in [-0.1, -0.05) is 30.1 Å². The zero-order chi connectivity index (χ0) is 24.4. The van der Waals surface area contributed by atoms with E-state index in [0.29, 0.717) is 16.6 Å². The van der Waals surface area contributed by atoms with Crippen molar-refractivity contribution < 1.29 is 23.9 Å². The van der Waals surface area contributed by atoms with Gasteiger partial charge in [0.05, 0.1) is 33.8 Å². The van der Waals surface area contributed by atoms with E-state index in [1.807, 2.05) is 0 Å². The van der Waals surface area contributed by atoms with Gasteiger partial charge in [0.1, 0.15) is 0 Å². The molecule has 2 fully saturated rings. The summed E-state index contributed by atoms with van der Waals surface area (Å²) in [5, 5.41) is 0.555. The van der Waals surface area contributed by atoms with Gasteiger partial charge in [0.15, 0.2) is 12.4 Å². The summed E-state index contributed by atoms with van der Waals surface area (Å²) in [5.74, 6) is -1.11. The number of benzene rings is 2. The van der Waals surface area contributed by atoms with Crippen molar-refractivity contribution in [2.75, 3.05) is 24.6 Å². The van der Waals surface area contributed by atoms with Crippen molar-refractivity contribution in [1.29, 1.82) is 0 Å². The molecular formula is C25H24Cl2N2O5. The predicted molar refractivity (Wildman–Crippen MR) is 128 cm³/mol. The van der Waals surface area contributed by atoms with E-state index in [-0.39, 0.29) is 34.4 Å². The van der Waals surface area contributed by atoms with E-state index >= 15 is 0 Å². The summed E-state index contributed by atoms with van der Waals surface area (Å²) in [7, 11) is 0. The minimum atomic E-state index is -0.695. The first kappa shape index (κ1) is 24.4. The Morgan fingerprint density at radius 1 is 1.03 bits per heavy atom. The number of hydrogen-bond donors (Lipinski definition) is 0. The quantitative estimate of drug-likeness (QED) is 0.330. The molecule has 34 heavy (non-hydrogen) atoms. The number of ketones is 1. The monoisotopic (exact) mass is 502 g/mol. The number of carbonyl (C=O) groups excluding carboxylic acids is 4. The van der Waals surface area contributed by atoms with Gasteiger partial charge in [-0.3, -0.25) is 19.3 Å². The fourth-order valence-electron chi connectivity index (χ4n) is 4.40. The number of esters is 1. The van der Waals surface area contributed by atoms with Gasteiger partial charge in [0.25, 0.3) is 5.91 Å². The van der Waals surface area contributed by atoms with Crippen molar-refractivity contribution in [3.63, 3.8) is 0 Å². The lowest BCUT2D eigenvalue weighted by atomic mass is 9.98. The molecule has 0 radical (unpaired) electrons. The molecule has 4 rings (SSSR count). The highest BCUT2D eigenvalue weighted by atomic mass is 35.5. The van der Waals surface area contributed by atoms with Gasteiger partial charge in [-0.15, -0.1) is 0 Å². The van der Waals surface area contributed by atoms with Crippen molar-refractivity contribution in [3.8, 4) is 0 Å². The minimum Gasteiger partial charge on any atom is -0.454 e. The summed E-state index contributed by atoms with van der Waals surface area (Å²) in [4.78, 5) is 53.6. The molecule has 0 spiro atoms. The number of amides is 2. The van der Waals surface area contributed by atoms with Crippen LogP contribution in [0.25, 0.3) is 0 Å². The van der Waals surface area contributed by atoms with Crippen LogP contribution in [0.1, 0.15) is 46.9 Å². The number of halogens is 2. The molecule has 178 valence electrons. The van der Waals surface area contributed by atoms with E-state index in [4.69, 9.17) is 27.9 Å². The number of imide groups is 1. The zero-order valence-corrected chi connectivity index (χ0v) is 20.1. The van der Waals surface area contributed by atoms with Crippen LogP contribution in [0, 0.1) is 5.92 Å². The first-order valence-corrected chi connectivity index (χ1v) is 11.9. The Morgan fingerprint density at radius 2 is 1.74 bits per heavy atom. The molecule has 2 heterocycles. The molecule has 2 unspecified atom stereocenters. The molecule has 2 aromatic carbocycles. The highest BCUT2D eigenvalue weighted by molar-refractivity contribution is 6.42. The summed E-state index contributed by atoms with van der Waals surface area (Å²) >= 11 is 11.8. The summed E-state index contributed by atoms with van der Waals surface area (Å²) in [5.41, 5.74) is 0.887. The summed E-state index contributed by atoms with van der Waals surface area (Å²) in [6.07, 6.45) is 2.31. The van der Waals surface area contributed by atoms with Crippen molar-refractivity contribution in [1.82, 2.24) is 4.90 Å². The summed E-state index contributed by atoms with van der Waals surface area (Å²) in [6.45, 7) is 3.32. The van der Waals surface area contributed by atoms with Crippen LogP contribution >= 0.6 is 23.2 Å². The van der Waals surface area contributed by atoms with Crippen LogP contribution in [-0.4, -0.2) is 54.2 Å². The van der Waals surface area contributed by atoms with E-state index in [1.54, 1.807) is 0 Å². The Hall–Kier alpha value is -2.74. The number of rotatable bonds is 6. The first-order chi connectivity index (χ1) is 16.2. The minimum absolute atomic E-state index is 0.159. The number of likely N-dealkylation sites (tertiary alicyclic amines) is 1. The second kappa shape index (κ2) is 10.3. The normalized spacial score (nSPS) is 21.1. The average Bonchev–Trinajstić information content (AvgIpc) is 3.13. The number of nitrogens with zero attached hydrogens (tertiary/aromatic N) is 2. The average molecular weight is 503 g/mol. The molecule has 2 aliphatic heterocycles. The first-order valence-electron chi connectivity index (χ1n) is 11.1. The maximum absolute atomic E-state index is 13.0. The maximum atomic E-state index is 13.0. The number of anilines is 1. The van der Waals surface area contributed by atoms with Crippen LogP contribution in [0.2, 0.25) is 10.0 Å². The second-order valence-corrected chi connectivity index (χ2v) is 9.52. The summed E-state index contributed by atoms with van der Waals surface area (Å²) in [6, 6.07) is 9.98. The lowest BCUT2D eigenvalue weighted by Gasteiger charge is -2.34. The van der Waals surface area contributed by atoms with E-state index in [9.17, 15) is 19.2 Å². The standard InChI is InChI=1S/C25H24Cl2N2O5/c1-15-3-2-10-28(13-15)21-12-23(31)29(24(21)32)18-7-4-16(5-8-18)25(33)34-14-22(30)17-6-9-19(26)20(27)11-17/h4-9,11,15,21H,2-3,10,12-14H2,1H3. The smallest absolute Gasteiger partial charge is 0.338 e. The number of carbonyl (C=O) groups is 4. The Bertz CT molecular complexity index is 1130. The molecule has 2 aliphatic rings. The molecule has 2 aromatic rings.